The van der Waals surface area contributed by atoms with Gasteiger partial charge in [0.05, 0.1) is 14.2 Å². The Labute approximate surface area is 404 Å². The lowest BCUT2D eigenvalue weighted by molar-refractivity contribution is -0.132. The highest BCUT2D eigenvalue weighted by Crippen LogP contribution is 2.40. The number of rotatable bonds is 14. The fourth-order valence-corrected chi connectivity index (χ4v) is 8.07. The van der Waals surface area contributed by atoms with E-state index in [0.29, 0.717) is 17.4 Å². The molecule has 7 nitrogen and oxygen atoms in total. The van der Waals surface area contributed by atoms with Crippen LogP contribution in [0.2, 0.25) is 0 Å². The first-order valence-corrected chi connectivity index (χ1v) is 23.2. The molecular formula is C61H65NO6. The van der Waals surface area contributed by atoms with Crippen LogP contribution in [0.1, 0.15) is 117 Å². The monoisotopic (exact) mass is 907 g/mol. The molecule has 0 spiro atoms. The van der Waals surface area contributed by atoms with E-state index in [2.05, 4.69) is 182 Å². The van der Waals surface area contributed by atoms with E-state index in [1.807, 2.05) is 42.5 Å². The van der Waals surface area contributed by atoms with E-state index in [9.17, 15) is 9.59 Å². The molecule has 0 aliphatic carbocycles. The van der Waals surface area contributed by atoms with Crippen LogP contribution in [0.15, 0.2) is 158 Å². The van der Waals surface area contributed by atoms with Crippen LogP contribution in [0.5, 0.6) is 23.0 Å². The van der Waals surface area contributed by atoms with Crippen molar-refractivity contribution in [2.24, 2.45) is 0 Å². The van der Waals surface area contributed by atoms with E-state index in [-0.39, 0.29) is 23.3 Å². The highest BCUT2D eigenvalue weighted by Gasteiger charge is 2.27. The number of hydrogen-bond donors (Lipinski definition) is 0. The van der Waals surface area contributed by atoms with E-state index in [1.165, 1.54) is 41.7 Å². The number of nitrogens with zero attached hydrogens (tertiary/aromatic N) is 1. The fourth-order valence-electron chi connectivity index (χ4n) is 8.07. The predicted molar refractivity (Wildman–Crippen MR) is 279 cm³/mol. The fraction of sp³-hybridized carbons (Fsp3) is 0.246. The summed E-state index contributed by atoms with van der Waals surface area (Å²) < 4.78 is 21.6. The third-order valence-corrected chi connectivity index (χ3v) is 12.1. The summed E-state index contributed by atoms with van der Waals surface area (Å²) >= 11 is 0. The number of methoxy groups -OCH3 is 2. The van der Waals surface area contributed by atoms with Gasteiger partial charge in [-0.3, -0.25) is 9.59 Å². The molecule has 0 amide bonds. The zero-order chi connectivity index (χ0) is 49.1. The lowest BCUT2D eigenvalue weighted by atomic mass is 9.76. The molecule has 0 atom stereocenters. The Morgan fingerprint density at radius 1 is 0.500 bits per heavy atom. The molecule has 0 unspecified atom stereocenters. The standard InChI is InChI=1S/C37H33NO3.C24H32O3/c1-26-5-15-32(16-6-26)38(33-17-7-27(2)8-18-33)34-19-9-29(10-20-34)25-37(30-11-21-35(40-4)22-12-30)31-13-23-36(24-14-31)41-28(3)39;1-15(2)20-13-18(9-11-22(20)26-8)24(6,7)19-10-12-23(27-17(5)25)21(14-19)16(3)4/h5-25H,1-4H3;9-16H,1-8H3. The number of ether oxygens (including phenoxy) is 4. The van der Waals surface area contributed by atoms with Crippen LogP contribution in [0, 0.1) is 13.8 Å². The molecule has 7 rings (SSSR count). The van der Waals surface area contributed by atoms with Gasteiger partial charge in [-0.2, -0.15) is 0 Å². The SMILES string of the molecule is COc1ccc(C(=Cc2ccc(N(c3ccc(C)cc3)c3ccc(C)cc3)cc2)c2ccc(OC(C)=O)cc2)cc1.COc1ccc(C(C)(C)c2ccc(OC(C)=O)c(C(C)C)c2)cc1C(C)C. The van der Waals surface area contributed by atoms with Crippen molar-refractivity contribution in [3.63, 3.8) is 0 Å². The highest BCUT2D eigenvalue weighted by molar-refractivity contribution is 5.92. The van der Waals surface area contributed by atoms with Gasteiger partial charge in [-0.25, -0.2) is 0 Å². The van der Waals surface area contributed by atoms with Crippen molar-refractivity contribution < 1.29 is 28.5 Å². The summed E-state index contributed by atoms with van der Waals surface area (Å²) in [6, 6.07) is 54.0. The molecule has 0 fully saturated rings. The Balaban J connectivity index is 0.000000245. The third kappa shape index (κ3) is 12.5. The van der Waals surface area contributed by atoms with Crippen LogP contribution in [-0.4, -0.2) is 26.2 Å². The van der Waals surface area contributed by atoms with Crippen LogP contribution >= 0.6 is 0 Å². The van der Waals surface area contributed by atoms with Crippen molar-refractivity contribution in [3.05, 3.63) is 208 Å². The number of carbonyl (C=O) groups is 2. The van der Waals surface area contributed by atoms with Crippen molar-refractivity contribution >= 4 is 40.6 Å². The minimum Gasteiger partial charge on any atom is -0.497 e. The molecule has 0 radical (unpaired) electrons. The van der Waals surface area contributed by atoms with Crippen LogP contribution in [-0.2, 0) is 15.0 Å². The van der Waals surface area contributed by atoms with Crippen molar-refractivity contribution in [1.29, 1.82) is 0 Å². The summed E-state index contributed by atoms with van der Waals surface area (Å²) in [5, 5.41) is 0. The minimum atomic E-state index is -0.339. The van der Waals surface area contributed by atoms with Gasteiger partial charge in [0.2, 0.25) is 0 Å². The average molecular weight is 908 g/mol. The summed E-state index contributed by atoms with van der Waals surface area (Å²) in [4.78, 5) is 25.1. The van der Waals surface area contributed by atoms with Crippen LogP contribution in [0.3, 0.4) is 0 Å². The largest absolute Gasteiger partial charge is 0.497 e. The molecule has 0 aromatic heterocycles. The first-order valence-electron chi connectivity index (χ1n) is 23.2. The van der Waals surface area contributed by atoms with E-state index in [0.717, 1.165) is 56.4 Å². The lowest BCUT2D eigenvalue weighted by Crippen LogP contribution is -2.20. The van der Waals surface area contributed by atoms with Gasteiger partial charge in [0.15, 0.2) is 0 Å². The highest BCUT2D eigenvalue weighted by atomic mass is 16.5. The van der Waals surface area contributed by atoms with Crippen molar-refractivity contribution in [2.45, 2.75) is 86.5 Å². The maximum atomic E-state index is 11.4. The van der Waals surface area contributed by atoms with Gasteiger partial charge in [0, 0.05) is 36.3 Å². The first kappa shape index (κ1) is 50.0. The van der Waals surface area contributed by atoms with Gasteiger partial charge in [0.1, 0.15) is 23.0 Å². The van der Waals surface area contributed by atoms with Crippen LogP contribution in [0.4, 0.5) is 17.1 Å². The molecule has 0 heterocycles. The second kappa shape index (κ2) is 22.4. The number of anilines is 3. The average Bonchev–Trinajstić information content (AvgIpc) is 3.32. The molecule has 7 aromatic carbocycles. The predicted octanol–water partition coefficient (Wildman–Crippen LogP) is 15.5. The molecule has 0 aliphatic rings. The zero-order valence-corrected chi connectivity index (χ0v) is 41.6. The molecule has 0 aliphatic heterocycles. The van der Waals surface area contributed by atoms with Gasteiger partial charge in [0.25, 0.3) is 0 Å². The Morgan fingerprint density at radius 2 is 0.912 bits per heavy atom. The third-order valence-electron chi connectivity index (χ3n) is 12.1. The van der Waals surface area contributed by atoms with Gasteiger partial charge < -0.3 is 23.8 Å². The molecule has 68 heavy (non-hydrogen) atoms. The summed E-state index contributed by atoms with van der Waals surface area (Å²) in [7, 11) is 3.38. The molecule has 7 heteroatoms. The topological polar surface area (TPSA) is 74.3 Å². The Kier molecular flexibility index (Phi) is 16.5. The first-order chi connectivity index (χ1) is 32.5. The molecule has 0 bridgehead atoms. The molecule has 0 N–H and O–H groups in total. The Bertz CT molecular complexity index is 2770. The molecule has 350 valence electrons. The minimum absolute atomic E-state index is 0.186. The summed E-state index contributed by atoms with van der Waals surface area (Å²) in [5.41, 5.74) is 14.4. The second-order valence-electron chi connectivity index (χ2n) is 18.2. The Morgan fingerprint density at radius 3 is 1.32 bits per heavy atom. The summed E-state index contributed by atoms with van der Waals surface area (Å²) in [6.45, 7) is 20.1. The second-order valence-corrected chi connectivity index (χ2v) is 18.2. The van der Waals surface area contributed by atoms with E-state index in [1.54, 1.807) is 14.2 Å². The molecule has 7 aromatic rings. The number of hydrogen-bond acceptors (Lipinski definition) is 7. The number of aryl methyl sites for hydroxylation is 2. The zero-order valence-electron chi connectivity index (χ0n) is 41.6. The number of esters is 2. The molecular weight excluding hydrogens is 843 g/mol. The van der Waals surface area contributed by atoms with Crippen molar-refractivity contribution in [3.8, 4) is 23.0 Å². The maximum absolute atomic E-state index is 11.4. The number of benzene rings is 7. The Hall–Kier alpha value is -7.38. The van der Waals surface area contributed by atoms with Crippen LogP contribution < -0.4 is 23.8 Å². The number of carbonyl (C=O) groups excluding carboxylic acids is 2. The van der Waals surface area contributed by atoms with Gasteiger partial charge in [-0.05, 0) is 149 Å². The molecule has 0 saturated carbocycles. The van der Waals surface area contributed by atoms with E-state index in [4.69, 9.17) is 18.9 Å². The van der Waals surface area contributed by atoms with Crippen LogP contribution in [0.25, 0.3) is 11.6 Å². The van der Waals surface area contributed by atoms with Gasteiger partial charge >= 0.3 is 11.9 Å². The van der Waals surface area contributed by atoms with Gasteiger partial charge in [-0.1, -0.05) is 138 Å². The quantitative estimate of drug-likeness (QED) is 0.0611. The maximum Gasteiger partial charge on any atom is 0.308 e. The summed E-state index contributed by atoms with van der Waals surface area (Å²) in [6.07, 6.45) is 2.18. The van der Waals surface area contributed by atoms with Gasteiger partial charge in [-0.15, -0.1) is 0 Å². The smallest absolute Gasteiger partial charge is 0.308 e. The summed E-state index contributed by atoms with van der Waals surface area (Å²) in [5.74, 6) is 2.91. The van der Waals surface area contributed by atoms with E-state index >= 15 is 0 Å². The van der Waals surface area contributed by atoms with Crippen molar-refractivity contribution in [1.82, 2.24) is 0 Å². The van der Waals surface area contributed by atoms with Crippen molar-refractivity contribution in [2.75, 3.05) is 19.1 Å². The van der Waals surface area contributed by atoms with E-state index < -0.39 is 0 Å². The normalized spacial score (nSPS) is 11.4. The molecule has 0 saturated heterocycles. The lowest BCUT2D eigenvalue weighted by Gasteiger charge is -2.29.